The van der Waals surface area contributed by atoms with E-state index in [9.17, 15) is 0 Å². The molecule has 26 heavy (non-hydrogen) atoms. The highest BCUT2D eigenvalue weighted by molar-refractivity contribution is 6.66. The van der Waals surface area contributed by atoms with E-state index in [-0.39, 0.29) is 5.82 Å². The van der Waals surface area contributed by atoms with E-state index in [1.807, 2.05) is 0 Å². The van der Waals surface area contributed by atoms with Gasteiger partial charge in [0.05, 0.1) is 13.2 Å². The molecule has 3 heterocycles. The minimum Gasteiger partial charge on any atom is -0.379 e. The molecule has 8 nitrogen and oxygen atoms in total. The molecule has 0 atom stereocenters. The fraction of sp³-hybridized carbons (Fsp3) is 0.800. The van der Waals surface area contributed by atoms with Crippen LogP contribution in [0.25, 0.3) is 0 Å². The molecule has 0 spiro atoms. The van der Waals surface area contributed by atoms with Crippen molar-refractivity contribution >= 4 is 46.7 Å². The van der Waals surface area contributed by atoms with Gasteiger partial charge in [-0.05, 0) is 13.0 Å². The standard InChI is InChI=1S/C15H24Cl3N7O/c16-15(17,18)12-21-13(20-2-1-5-24-8-10-26-11-9-24)23-14(22-12)25-6-3-19-4-7-25/h19H,1-11H2,(H,20,21,22,23). The van der Waals surface area contributed by atoms with Crippen LogP contribution in [0.1, 0.15) is 12.2 Å². The van der Waals surface area contributed by atoms with Crippen molar-refractivity contribution in [1.82, 2.24) is 25.2 Å². The van der Waals surface area contributed by atoms with E-state index in [2.05, 4.69) is 35.4 Å². The van der Waals surface area contributed by atoms with Gasteiger partial charge < -0.3 is 20.3 Å². The summed E-state index contributed by atoms with van der Waals surface area (Å²) < 4.78 is 3.68. The van der Waals surface area contributed by atoms with Crippen molar-refractivity contribution in [3.63, 3.8) is 0 Å². The van der Waals surface area contributed by atoms with Crippen LogP contribution >= 0.6 is 34.8 Å². The Labute approximate surface area is 168 Å². The molecular formula is C15H24Cl3N7O. The Balaban J connectivity index is 1.61. The summed E-state index contributed by atoms with van der Waals surface area (Å²) >= 11 is 18.0. The lowest BCUT2D eigenvalue weighted by atomic mass is 10.3. The second-order valence-electron chi connectivity index (χ2n) is 6.25. The molecule has 2 aliphatic rings. The Bertz CT molecular complexity index is 575. The SMILES string of the molecule is ClC(Cl)(Cl)c1nc(NCCCN2CCOCC2)nc(N2CCNCC2)n1. The van der Waals surface area contributed by atoms with Crippen LogP contribution in [0.4, 0.5) is 11.9 Å². The number of ether oxygens (including phenoxy) is 1. The van der Waals surface area contributed by atoms with Gasteiger partial charge in [-0.2, -0.15) is 15.0 Å². The van der Waals surface area contributed by atoms with Gasteiger partial charge in [-0.15, -0.1) is 0 Å². The third kappa shape index (κ3) is 5.94. The van der Waals surface area contributed by atoms with Crippen LogP contribution in [0.15, 0.2) is 0 Å². The summed E-state index contributed by atoms with van der Waals surface area (Å²) in [6.45, 7) is 8.68. The summed E-state index contributed by atoms with van der Waals surface area (Å²) in [6.07, 6.45) is 0.970. The first-order chi connectivity index (χ1) is 12.5. The minimum absolute atomic E-state index is 0.140. The lowest BCUT2D eigenvalue weighted by Crippen LogP contribution is -2.44. The number of nitrogens with one attached hydrogen (secondary N) is 2. The average Bonchev–Trinajstić information content (AvgIpc) is 2.66. The summed E-state index contributed by atoms with van der Waals surface area (Å²) in [5, 5.41) is 6.53. The molecule has 0 saturated carbocycles. The summed E-state index contributed by atoms with van der Waals surface area (Å²) in [4.78, 5) is 17.6. The number of anilines is 2. The Hall–Kier alpha value is -0.640. The molecule has 2 fully saturated rings. The maximum atomic E-state index is 6.01. The Morgan fingerprint density at radius 3 is 2.46 bits per heavy atom. The monoisotopic (exact) mass is 423 g/mol. The minimum atomic E-state index is -1.68. The van der Waals surface area contributed by atoms with Crippen molar-refractivity contribution in [3.05, 3.63) is 5.82 Å². The Kier molecular flexibility index (Phi) is 7.36. The van der Waals surface area contributed by atoms with Crippen LogP contribution in [0.5, 0.6) is 0 Å². The van der Waals surface area contributed by atoms with Crippen LogP contribution in [-0.4, -0.2) is 85.4 Å². The topological polar surface area (TPSA) is 78.4 Å². The number of hydrogen-bond acceptors (Lipinski definition) is 8. The van der Waals surface area contributed by atoms with E-state index in [0.29, 0.717) is 11.9 Å². The molecule has 2 N–H and O–H groups in total. The zero-order valence-electron chi connectivity index (χ0n) is 14.6. The second-order valence-corrected chi connectivity index (χ2v) is 8.53. The van der Waals surface area contributed by atoms with Crippen LogP contribution < -0.4 is 15.5 Å². The lowest BCUT2D eigenvalue weighted by molar-refractivity contribution is 0.0378. The van der Waals surface area contributed by atoms with Crippen molar-refractivity contribution < 1.29 is 4.74 Å². The number of halogens is 3. The van der Waals surface area contributed by atoms with Gasteiger partial charge in [0.15, 0.2) is 5.82 Å². The van der Waals surface area contributed by atoms with E-state index in [1.165, 1.54) is 0 Å². The van der Waals surface area contributed by atoms with Gasteiger partial charge in [0.25, 0.3) is 0 Å². The van der Waals surface area contributed by atoms with Gasteiger partial charge in [-0.3, -0.25) is 4.90 Å². The van der Waals surface area contributed by atoms with Crippen molar-refractivity contribution in [2.75, 3.05) is 75.8 Å². The van der Waals surface area contributed by atoms with Crippen LogP contribution in [-0.2, 0) is 8.53 Å². The zero-order chi connectivity index (χ0) is 18.4. The molecule has 0 aliphatic carbocycles. The van der Waals surface area contributed by atoms with Gasteiger partial charge in [0, 0.05) is 45.8 Å². The first-order valence-electron chi connectivity index (χ1n) is 8.85. The smallest absolute Gasteiger partial charge is 0.250 e. The molecule has 0 bridgehead atoms. The van der Waals surface area contributed by atoms with Crippen molar-refractivity contribution in [1.29, 1.82) is 0 Å². The first kappa shape index (κ1) is 20.1. The van der Waals surface area contributed by atoms with Gasteiger partial charge in [0.2, 0.25) is 15.7 Å². The highest BCUT2D eigenvalue weighted by Gasteiger charge is 2.29. The van der Waals surface area contributed by atoms with Crippen molar-refractivity contribution in [2.24, 2.45) is 0 Å². The number of aromatic nitrogens is 3. The Morgan fingerprint density at radius 1 is 1.04 bits per heavy atom. The molecule has 0 unspecified atom stereocenters. The molecule has 0 amide bonds. The highest BCUT2D eigenvalue weighted by atomic mass is 35.6. The number of morpholine rings is 1. The van der Waals surface area contributed by atoms with E-state index in [4.69, 9.17) is 39.5 Å². The van der Waals surface area contributed by atoms with E-state index >= 15 is 0 Å². The maximum absolute atomic E-state index is 6.01. The number of piperazine rings is 1. The second kappa shape index (κ2) is 9.52. The Morgan fingerprint density at radius 2 is 1.77 bits per heavy atom. The molecule has 1 aromatic rings. The van der Waals surface area contributed by atoms with Crippen molar-refractivity contribution in [3.8, 4) is 0 Å². The maximum Gasteiger partial charge on any atom is 0.250 e. The summed E-state index contributed by atoms with van der Waals surface area (Å²) in [7, 11) is 0. The fourth-order valence-corrected chi connectivity index (χ4v) is 3.16. The van der Waals surface area contributed by atoms with Crippen LogP contribution in [0.3, 0.4) is 0 Å². The van der Waals surface area contributed by atoms with Crippen molar-refractivity contribution in [2.45, 2.75) is 10.2 Å². The number of alkyl halides is 3. The van der Waals surface area contributed by atoms with E-state index in [1.54, 1.807) is 0 Å². The third-order valence-electron chi connectivity index (χ3n) is 4.31. The van der Waals surface area contributed by atoms with Gasteiger partial charge in [-0.1, -0.05) is 34.8 Å². The van der Waals surface area contributed by atoms with Crippen LogP contribution in [0, 0.1) is 0 Å². The largest absolute Gasteiger partial charge is 0.379 e. The molecular weight excluding hydrogens is 401 g/mol. The van der Waals surface area contributed by atoms with E-state index in [0.717, 1.165) is 72.0 Å². The highest BCUT2D eigenvalue weighted by Crippen LogP contribution is 2.36. The molecule has 2 aliphatic heterocycles. The quantitative estimate of drug-likeness (QED) is 0.522. The molecule has 3 rings (SSSR count). The normalized spacial score (nSPS) is 19.6. The lowest BCUT2D eigenvalue weighted by Gasteiger charge is -2.28. The molecule has 0 radical (unpaired) electrons. The third-order valence-corrected chi connectivity index (χ3v) is 4.82. The summed E-state index contributed by atoms with van der Waals surface area (Å²) in [5.74, 6) is 1.12. The predicted octanol–water partition coefficient (Wildman–Crippen LogP) is 1.24. The molecule has 11 heteroatoms. The summed E-state index contributed by atoms with van der Waals surface area (Å²) in [6, 6.07) is 0. The number of nitrogens with zero attached hydrogens (tertiary/aromatic N) is 5. The average molecular weight is 425 g/mol. The molecule has 1 aromatic heterocycles. The number of rotatable bonds is 6. The molecule has 2 saturated heterocycles. The van der Waals surface area contributed by atoms with E-state index < -0.39 is 3.79 Å². The zero-order valence-corrected chi connectivity index (χ0v) is 16.8. The van der Waals surface area contributed by atoms with Gasteiger partial charge in [-0.25, -0.2) is 0 Å². The van der Waals surface area contributed by atoms with Gasteiger partial charge >= 0.3 is 0 Å². The van der Waals surface area contributed by atoms with Gasteiger partial charge in [0.1, 0.15) is 0 Å². The predicted molar refractivity (Wildman–Crippen MR) is 105 cm³/mol. The fourth-order valence-electron chi connectivity index (χ4n) is 2.90. The number of hydrogen-bond donors (Lipinski definition) is 2. The summed E-state index contributed by atoms with van der Waals surface area (Å²) in [5.41, 5.74) is 0. The first-order valence-corrected chi connectivity index (χ1v) is 9.99. The van der Waals surface area contributed by atoms with Crippen LogP contribution in [0.2, 0.25) is 0 Å². The molecule has 0 aromatic carbocycles. The molecule has 146 valence electrons.